The van der Waals surface area contributed by atoms with E-state index in [0.717, 1.165) is 10.9 Å². The van der Waals surface area contributed by atoms with Crippen molar-refractivity contribution in [1.82, 2.24) is 10.3 Å². The van der Waals surface area contributed by atoms with Gasteiger partial charge in [-0.15, -0.1) is 0 Å². The van der Waals surface area contributed by atoms with E-state index in [4.69, 9.17) is 4.74 Å². The van der Waals surface area contributed by atoms with Crippen molar-refractivity contribution >= 4 is 22.7 Å². The van der Waals surface area contributed by atoms with E-state index in [1.165, 1.54) is 12.1 Å². The monoisotopic (exact) mass is 305 g/mol. The van der Waals surface area contributed by atoms with Crippen LogP contribution in [0.2, 0.25) is 0 Å². The molecule has 118 valence electrons. The van der Waals surface area contributed by atoms with Gasteiger partial charge in [0.25, 0.3) is 5.69 Å². The highest BCUT2D eigenvalue weighted by molar-refractivity contribution is 5.85. The molecule has 0 atom stereocenters. The number of aromatic nitrogens is 1. The highest BCUT2D eigenvalue weighted by atomic mass is 16.6. The van der Waals surface area contributed by atoms with Gasteiger partial charge in [-0.25, -0.2) is 4.79 Å². The first-order chi connectivity index (χ1) is 10.3. The molecule has 0 aliphatic heterocycles. The topological polar surface area (TPSA) is 97.3 Å². The fourth-order valence-electron chi connectivity index (χ4n) is 2.09. The molecule has 0 spiro atoms. The standard InChI is InChI=1S/C15H19N3O4/c1-15(2,3)17-14(19)22-7-6-10-9-16-13-8-11(18(20)21)4-5-12(10)13/h4-5,8-9,16H,6-7H2,1-3H3,(H,17,19). The minimum Gasteiger partial charge on any atom is -0.449 e. The number of benzene rings is 1. The minimum atomic E-state index is -0.456. The fourth-order valence-corrected chi connectivity index (χ4v) is 2.09. The second-order valence-electron chi connectivity index (χ2n) is 6.06. The number of hydrogen-bond acceptors (Lipinski definition) is 4. The number of carbonyl (C=O) groups excluding carboxylic acids is 1. The Hall–Kier alpha value is -2.57. The molecule has 0 saturated heterocycles. The highest BCUT2D eigenvalue weighted by Gasteiger charge is 2.15. The van der Waals surface area contributed by atoms with E-state index in [2.05, 4.69) is 10.3 Å². The summed E-state index contributed by atoms with van der Waals surface area (Å²) in [6, 6.07) is 4.66. The van der Waals surface area contributed by atoms with Gasteiger partial charge in [0.05, 0.1) is 17.0 Å². The molecular formula is C15H19N3O4. The molecule has 1 heterocycles. The second kappa shape index (κ2) is 6.05. The molecule has 1 aromatic heterocycles. The zero-order chi connectivity index (χ0) is 16.3. The molecule has 0 fully saturated rings. The van der Waals surface area contributed by atoms with Gasteiger partial charge >= 0.3 is 6.09 Å². The normalized spacial score (nSPS) is 11.4. The summed E-state index contributed by atoms with van der Waals surface area (Å²) in [7, 11) is 0. The summed E-state index contributed by atoms with van der Waals surface area (Å²) in [4.78, 5) is 24.9. The van der Waals surface area contributed by atoms with Gasteiger partial charge in [-0.1, -0.05) is 0 Å². The first kappa shape index (κ1) is 15.8. The number of nitrogens with zero attached hydrogens (tertiary/aromatic N) is 1. The van der Waals surface area contributed by atoms with Crippen LogP contribution in [-0.2, 0) is 11.2 Å². The summed E-state index contributed by atoms with van der Waals surface area (Å²) in [5.41, 5.74) is 1.36. The van der Waals surface area contributed by atoms with E-state index in [-0.39, 0.29) is 17.8 Å². The quantitative estimate of drug-likeness (QED) is 0.669. The van der Waals surface area contributed by atoms with Gasteiger partial charge in [-0.05, 0) is 32.4 Å². The van der Waals surface area contributed by atoms with Crippen LogP contribution in [0.5, 0.6) is 0 Å². The molecular weight excluding hydrogens is 286 g/mol. The Morgan fingerprint density at radius 2 is 2.14 bits per heavy atom. The van der Waals surface area contributed by atoms with E-state index >= 15 is 0 Å². The molecule has 22 heavy (non-hydrogen) atoms. The predicted molar refractivity (Wildman–Crippen MR) is 82.9 cm³/mol. The number of rotatable bonds is 4. The van der Waals surface area contributed by atoms with E-state index in [9.17, 15) is 14.9 Å². The Morgan fingerprint density at radius 3 is 2.77 bits per heavy atom. The molecule has 2 N–H and O–H groups in total. The Morgan fingerprint density at radius 1 is 1.41 bits per heavy atom. The van der Waals surface area contributed by atoms with Crippen LogP contribution in [-0.4, -0.2) is 28.1 Å². The maximum absolute atomic E-state index is 11.6. The molecule has 0 radical (unpaired) electrons. The predicted octanol–water partition coefficient (Wildman–Crippen LogP) is 3.14. The average Bonchev–Trinajstić information content (AvgIpc) is 2.79. The lowest BCUT2D eigenvalue weighted by Crippen LogP contribution is -2.41. The van der Waals surface area contributed by atoms with Gasteiger partial charge < -0.3 is 15.0 Å². The number of nitro benzene ring substituents is 1. The first-order valence-electron chi connectivity index (χ1n) is 6.95. The summed E-state index contributed by atoms with van der Waals surface area (Å²) in [5, 5.41) is 14.3. The smallest absolute Gasteiger partial charge is 0.407 e. The summed E-state index contributed by atoms with van der Waals surface area (Å²) in [6.45, 7) is 5.87. The van der Waals surface area contributed by atoms with Gasteiger partial charge in [-0.3, -0.25) is 10.1 Å². The molecule has 0 saturated carbocycles. The zero-order valence-electron chi connectivity index (χ0n) is 12.8. The van der Waals surface area contributed by atoms with Crippen molar-refractivity contribution in [2.24, 2.45) is 0 Å². The van der Waals surface area contributed by atoms with E-state index in [0.29, 0.717) is 11.9 Å². The molecule has 2 aromatic rings. The van der Waals surface area contributed by atoms with E-state index < -0.39 is 11.0 Å². The van der Waals surface area contributed by atoms with Gasteiger partial charge in [0.15, 0.2) is 0 Å². The number of fused-ring (bicyclic) bond motifs is 1. The number of hydrogen-bond donors (Lipinski definition) is 2. The Bertz CT molecular complexity index is 700. The van der Waals surface area contributed by atoms with Crippen LogP contribution in [0.4, 0.5) is 10.5 Å². The van der Waals surface area contributed by atoms with Gasteiger partial charge in [0.1, 0.15) is 0 Å². The van der Waals surface area contributed by atoms with E-state index in [1.54, 1.807) is 12.3 Å². The maximum Gasteiger partial charge on any atom is 0.407 e. The number of nitro groups is 1. The molecule has 2 rings (SSSR count). The molecule has 0 bridgehead atoms. The minimum absolute atomic E-state index is 0.0432. The number of aromatic amines is 1. The van der Waals surface area contributed by atoms with Crippen molar-refractivity contribution < 1.29 is 14.5 Å². The van der Waals surface area contributed by atoms with Crippen LogP contribution >= 0.6 is 0 Å². The van der Waals surface area contributed by atoms with E-state index in [1.807, 2.05) is 20.8 Å². The van der Waals surface area contributed by atoms with Crippen molar-refractivity contribution in [1.29, 1.82) is 0 Å². The zero-order valence-corrected chi connectivity index (χ0v) is 12.8. The number of carbonyl (C=O) groups is 1. The van der Waals surface area contributed by atoms with Crippen molar-refractivity contribution in [3.63, 3.8) is 0 Å². The third-order valence-corrected chi connectivity index (χ3v) is 3.04. The number of amides is 1. The first-order valence-corrected chi connectivity index (χ1v) is 6.95. The van der Waals surface area contributed by atoms with Gasteiger partial charge in [-0.2, -0.15) is 0 Å². The van der Waals surface area contributed by atoms with Crippen molar-refractivity contribution in [3.8, 4) is 0 Å². The van der Waals surface area contributed by atoms with Crippen LogP contribution < -0.4 is 5.32 Å². The molecule has 7 nitrogen and oxygen atoms in total. The summed E-state index contributed by atoms with van der Waals surface area (Å²) < 4.78 is 5.13. The summed E-state index contributed by atoms with van der Waals surface area (Å²) >= 11 is 0. The molecule has 0 aliphatic carbocycles. The van der Waals surface area contributed by atoms with Crippen LogP contribution in [0.15, 0.2) is 24.4 Å². The summed E-state index contributed by atoms with van der Waals surface area (Å²) in [6.07, 6.45) is 1.86. The number of ether oxygens (including phenoxy) is 1. The lowest BCUT2D eigenvalue weighted by molar-refractivity contribution is -0.384. The molecule has 0 unspecified atom stereocenters. The fraction of sp³-hybridized carbons (Fsp3) is 0.400. The van der Waals surface area contributed by atoms with Crippen LogP contribution in [0.3, 0.4) is 0 Å². The number of alkyl carbamates (subject to hydrolysis) is 1. The van der Waals surface area contributed by atoms with Crippen LogP contribution in [0, 0.1) is 10.1 Å². The SMILES string of the molecule is CC(C)(C)NC(=O)OCCc1c[nH]c2cc([N+](=O)[O-])ccc12. The average molecular weight is 305 g/mol. The largest absolute Gasteiger partial charge is 0.449 e. The van der Waals surface area contributed by atoms with Gasteiger partial charge in [0, 0.05) is 35.7 Å². The van der Waals surface area contributed by atoms with Crippen LogP contribution in [0.1, 0.15) is 26.3 Å². The Kier molecular flexibility index (Phi) is 4.35. The summed E-state index contributed by atoms with van der Waals surface area (Å²) in [5.74, 6) is 0. The number of non-ortho nitro benzene ring substituents is 1. The van der Waals surface area contributed by atoms with Gasteiger partial charge in [0.2, 0.25) is 0 Å². The van der Waals surface area contributed by atoms with Crippen LogP contribution in [0.25, 0.3) is 10.9 Å². The second-order valence-corrected chi connectivity index (χ2v) is 6.06. The molecule has 1 aromatic carbocycles. The van der Waals surface area contributed by atoms with Crippen molar-refractivity contribution in [3.05, 3.63) is 40.1 Å². The Labute approximate surface area is 127 Å². The number of nitrogens with one attached hydrogen (secondary N) is 2. The maximum atomic E-state index is 11.6. The molecule has 1 amide bonds. The third kappa shape index (κ3) is 3.97. The Balaban J connectivity index is 1.98. The number of H-pyrrole nitrogens is 1. The lowest BCUT2D eigenvalue weighted by atomic mass is 10.1. The van der Waals surface area contributed by atoms with Crippen molar-refractivity contribution in [2.75, 3.05) is 6.61 Å². The molecule has 7 heteroatoms. The highest BCUT2D eigenvalue weighted by Crippen LogP contribution is 2.23. The lowest BCUT2D eigenvalue weighted by Gasteiger charge is -2.19. The molecule has 0 aliphatic rings. The van der Waals surface area contributed by atoms with Crippen molar-refractivity contribution in [2.45, 2.75) is 32.7 Å². The third-order valence-electron chi connectivity index (χ3n) is 3.04.